The third kappa shape index (κ3) is 4.75. The molecule has 1 aromatic rings. The van der Waals surface area contributed by atoms with E-state index in [1.165, 1.54) is 19.3 Å². The van der Waals surface area contributed by atoms with Crippen LogP contribution in [0.3, 0.4) is 0 Å². The summed E-state index contributed by atoms with van der Waals surface area (Å²) in [6.07, 6.45) is 6.98. The lowest BCUT2D eigenvalue weighted by Crippen LogP contribution is -2.58. The first kappa shape index (κ1) is 22.2. The Balaban J connectivity index is 1.34. The summed E-state index contributed by atoms with van der Waals surface area (Å²) in [5, 5.41) is 3.20. The van der Waals surface area contributed by atoms with Crippen molar-refractivity contribution in [2.75, 3.05) is 20.2 Å². The van der Waals surface area contributed by atoms with E-state index in [4.69, 9.17) is 4.74 Å². The second kappa shape index (κ2) is 8.84. The third-order valence-corrected chi connectivity index (χ3v) is 7.80. The monoisotopic (exact) mass is 426 g/mol. The van der Waals surface area contributed by atoms with E-state index in [1.54, 1.807) is 11.9 Å². The fraction of sp³-hybridized carbons (Fsp3) is 0.692. The van der Waals surface area contributed by atoms with E-state index < -0.39 is 6.04 Å². The molecule has 1 unspecified atom stereocenters. The van der Waals surface area contributed by atoms with E-state index in [1.807, 2.05) is 45.0 Å². The molecule has 1 atom stereocenters. The van der Waals surface area contributed by atoms with Crippen LogP contribution in [0.25, 0.3) is 0 Å². The van der Waals surface area contributed by atoms with E-state index in [9.17, 15) is 9.59 Å². The second-order valence-electron chi connectivity index (χ2n) is 10.8. The normalized spacial score (nSPS) is 29.6. The number of hydrogen-bond acceptors (Lipinski definition) is 3. The fourth-order valence-electron chi connectivity index (χ4n) is 6.55. The van der Waals surface area contributed by atoms with Crippen LogP contribution in [0.4, 0.5) is 0 Å². The quantitative estimate of drug-likeness (QED) is 0.678. The number of nitrogens with zero attached hydrogens (tertiary/aromatic N) is 1. The number of carbonyl (C=O) groups is 2. The topological polar surface area (TPSA) is 58.6 Å². The number of nitrogens with one attached hydrogen (secondary N) is 1. The molecule has 0 saturated heterocycles. The first-order valence-corrected chi connectivity index (χ1v) is 12.0. The zero-order valence-corrected chi connectivity index (χ0v) is 19.5. The third-order valence-electron chi connectivity index (χ3n) is 7.80. The molecular weight excluding hydrogens is 388 g/mol. The van der Waals surface area contributed by atoms with Gasteiger partial charge in [-0.3, -0.25) is 9.59 Å². The molecule has 4 saturated carbocycles. The molecule has 0 spiro atoms. The minimum absolute atomic E-state index is 0.0269. The lowest BCUT2D eigenvalue weighted by atomic mass is 9.49. The summed E-state index contributed by atoms with van der Waals surface area (Å²) in [5.41, 5.74) is 0.920. The van der Waals surface area contributed by atoms with Gasteiger partial charge in [-0.1, -0.05) is 26.0 Å². The Morgan fingerprint density at radius 2 is 1.74 bits per heavy atom. The van der Waals surface area contributed by atoms with E-state index in [0.717, 1.165) is 30.6 Å². The summed E-state index contributed by atoms with van der Waals surface area (Å²) in [4.78, 5) is 28.4. The molecule has 2 amide bonds. The van der Waals surface area contributed by atoms with Gasteiger partial charge >= 0.3 is 0 Å². The van der Waals surface area contributed by atoms with Crippen LogP contribution in [0.5, 0.6) is 5.75 Å². The number of amides is 2. The standard InChI is InChI=1S/C26H38N2O3/c1-17(2)23(24(29)28(4)8-9-31-22-7-5-6-18(3)10-22)27-25(30)26-14-19-11-20(15-26)13-21(12-19)16-26/h5-7,10,17,19-21,23H,8-9,11-16H2,1-4H3,(H,27,30). The molecule has 5 rings (SSSR count). The summed E-state index contributed by atoms with van der Waals surface area (Å²) in [6, 6.07) is 7.43. The van der Waals surface area contributed by atoms with Gasteiger partial charge in [-0.15, -0.1) is 0 Å². The van der Waals surface area contributed by atoms with Crippen molar-refractivity contribution < 1.29 is 14.3 Å². The Morgan fingerprint density at radius 1 is 1.13 bits per heavy atom. The van der Waals surface area contributed by atoms with Gasteiger partial charge in [0.25, 0.3) is 0 Å². The van der Waals surface area contributed by atoms with Gasteiger partial charge in [-0.25, -0.2) is 0 Å². The molecular formula is C26H38N2O3. The van der Waals surface area contributed by atoms with Crippen molar-refractivity contribution in [1.29, 1.82) is 0 Å². The molecule has 0 heterocycles. The van der Waals surface area contributed by atoms with Crippen molar-refractivity contribution in [3.8, 4) is 5.75 Å². The highest BCUT2D eigenvalue weighted by Crippen LogP contribution is 2.60. The highest BCUT2D eigenvalue weighted by Gasteiger charge is 2.55. The van der Waals surface area contributed by atoms with Crippen LogP contribution in [0.1, 0.15) is 57.9 Å². The molecule has 31 heavy (non-hydrogen) atoms. The summed E-state index contributed by atoms with van der Waals surface area (Å²) < 4.78 is 5.81. The zero-order valence-electron chi connectivity index (χ0n) is 19.5. The maximum absolute atomic E-state index is 13.5. The Bertz CT molecular complexity index is 783. The van der Waals surface area contributed by atoms with Crippen molar-refractivity contribution >= 4 is 11.8 Å². The predicted molar refractivity (Wildman–Crippen MR) is 122 cm³/mol. The lowest BCUT2D eigenvalue weighted by Gasteiger charge is -2.56. The lowest BCUT2D eigenvalue weighted by molar-refractivity contribution is -0.150. The number of benzene rings is 1. The molecule has 0 aliphatic heterocycles. The maximum atomic E-state index is 13.5. The molecule has 0 radical (unpaired) electrons. The number of aryl methyl sites for hydroxylation is 1. The first-order valence-electron chi connectivity index (χ1n) is 12.0. The fourth-order valence-corrected chi connectivity index (χ4v) is 6.55. The smallest absolute Gasteiger partial charge is 0.245 e. The number of rotatable bonds is 8. The molecule has 4 aliphatic carbocycles. The van der Waals surface area contributed by atoms with Crippen molar-refractivity contribution in [2.24, 2.45) is 29.1 Å². The number of ether oxygens (including phenoxy) is 1. The van der Waals surface area contributed by atoms with Crippen LogP contribution in [0.15, 0.2) is 24.3 Å². The van der Waals surface area contributed by atoms with Crippen molar-refractivity contribution in [3.63, 3.8) is 0 Å². The molecule has 170 valence electrons. The summed E-state index contributed by atoms with van der Waals surface area (Å²) in [6.45, 7) is 6.98. The molecule has 5 nitrogen and oxygen atoms in total. The molecule has 4 fully saturated rings. The van der Waals surface area contributed by atoms with Crippen molar-refractivity contribution in [1.82, 2.24) is 10.2 Å². The molecule has 1 aromatic carbocycles. The maximum Gasteiger partial charge on any atom is 0.245 e. The molecule has 0 aromatic heterocycles. The van der Waals surface area contributed by atoms with Gasteiger partial charge in [0, 0.05) is 12.5 Å². The van der Waals surface area contributed by atoms with Gasteiger partial charge < -0.3 is 15.0 Å². The first-order chi connectivity index (χ1) is 14.8. The minimum Gasteiger partial charge on any atom is -0.492 e. The molecule has 5 heteroatoms. The van der Waals surface area contributed by atoms with Crippen LogP contribution < -0.4 is 10.1 Å². The van der Waals surface area contributed by atoms with Crippen LogP contribution in [0, 0.1) is 36.0 Å². The van der Waals surface area contributed by atoms with E-state index in [-0.39, 0.29) is 23.1 Å². The van der Waals surface area contributed by atoms with Crippen molar-refractivity contribution in [2.45, 2.75) is 65.3 Å². The van der Waals surface area contributed by atoms with Gasteiger partial charge in [0.05, 0.1) is 6.54 Å². The van der Waals surface area contributed by atoms with Gasteiger partial charge in [-0.2, -0.15) is 0 Å². The number of hydrogen-bond donors (Lipinski definition) is 1. The van der Waals surface area contributed by atoms with Crippen LogP contribution in [-0.4, -0.2) is 43.0 Å². The van der Waals surface area contributed by atoms with Crippen LogP contribution >= 0.6 is 0 Å². The Morgan fingerprint density at radius 3 is 2.29 bits per heavy atom. The Labute approximate surface area is 186 Å². The molecule has 1 N–H and O–H groups in total. The predicted octanol–water partition coefficient (Wildman–Crippen LogP) is 4.19. The molecule has 4 bridgehead atoms. The average Bonchev–Trinajstić information content (AvgIpc) is 2.70. The average molecular weight is 427 g/mol. The van der Waals surface area contributed by atoms with Crippen LogP contribution in [0.2, 0.25) is 0 Å². The van der Waals surface area contributed by atoms with Crippen LogP contribution in [-0.2, 0) is 9.59 Å². The van der Waals surface area contributed by atoms with Gasteiger partial charge in [0.2, 0.25) is 11.8 Å². The number of carbonyl (C=O) groups excluding carboxylic acids is 2. The summed E-state index contributed by atoms with van der Waals surface area (Å²) in [5.74, 6) is 3.11. The number of likely N-dealkylation sites (N-methyl/N-ethyl adjacent to an activating group) is 1. The van der Waals surface area contributed by atoms with Gasteiger partial charge in [0.1, 0.15) is 18.4 Å². The summed E-state index contributed by atoms with van der Waals surface area (Å²) in [7, 11) is 1.80. The SMILES string of the molecule is Cc1cccc(OCCN(C)C(=O)C(NC(=O)C23CC4CC(CC(C4)C2)C3)C(C)C)c1. The van der Waals surface area contributed by atoms with E-state index in [2.05, 4.69) is 5.32 Å². The zero-order chi connectivity index (χ0) is 22.2. The van der Waals surface area contributed by atoms with E-state index >= 15 is 0 Å². The summed E-state index contributed by atoms with van der Waals surface area (Å²) >= 11 is 0. The van der Waals surface area contributed by atoms with E-state index in [0.29, 0.717) is 30.9 Å². The largest absolute Gasteiger partial charge is 0.492 e. The Hall–Kier alpha value is -2.04. The minimum atomic E-state index is -0.482. The highest BCUT2D eigenvalue weighted by molar-refractivity contribution is 5.90. The van der Waals surface area contributed by atoms with Crippen molar-refractivity contribution in [3.05, 3.63) is 29.8 Å². The highest BCUT2D eigenvalue weighted by atomic mass is 16.5. The Kier molecular flexibility index (Phi) is 6.32. The second-order valence-corrected chi connectivity index (χ2v) is 10.8. The van der Waals surface area contributed by atoms with Gasteiger partial charge in [0.15, 0.2) is 0 Å². The van der Waals surface area contributed by atoms with Gasteiger partial charge in [-0.05, 0) is 86.8 Å². The molecule has 4 aliphatic rings.